The van der Waals surface area contributed by atoms with E-state index in [9.17, 15) is 0 Å². The summed E-state index contributed by atoms with van der Waals surface area (Å²) in [6, 6.07) is 0. The first kappa shape index (κ1) is 14.3. The Bertz CT molecular complexity index is 243. The lowest BCUT2D eigenvalue weighted by atomic mass is 9.92. The summed E-state index contributed by atoms with van der Waals surface area (Å²) in [6.45, 7) is 9.01. The van der Waals surface area contributed by atoms with Crippen LogP contribution in [0.2, 0.25) is 0 Å². The maximum Gasteiger partial charge on any atom is 0.168 e. The minimum absolute atomic E-state index is 0.0779. The third-order valence-electron chi connectivity index (χ3n) is 3.48. The summed E-state index contributed by atoms with van der Waals surface area (Å²) >= 11 is 0. The van der Waals surface area contributed by atoms with Crippen LogP contribution in [0, 0.1) is 0 Å². The second-order valence-corrected chi connectivity index (χ2v) is 6.14. The highest BCUT2D eigenvalue weighted by molar-refractivity contribution is 4.82. The zero-order valence-electron chi connectivity index (χ0n) is 11.9. The van der Waals surface area contributed by atoms with Crippen molar-refractivity contribution >= 4 is 0 Å². The summed E-state index contributed by atoms with van der Waals surface area (Å²) < 4.78 is 22.9. The van der Waals surface area contributed by atoms with Crippen LogP contribution in [0.3, 0.4) is 0 Å². The normalized spacial score (nSPS) is 24.8. The Kier molecular flexibility index (Phi) is 4.64. The van der Waals surface area contributed by atoms with E-state index in [1.54, 1.807) is 0 Å². The van der Waals surface area contributed by atoms with Crippen molar-refractivity contribution in [2.75, 3.05) is 26.4 Å². The monoisotopic (exact) mass is 258 g/mol. The van der Waals surface area contributed by atoms with Gasteiger partial charge in [-0.3, -0.25) is 0 Å². The highest BCUT2D eigenvalue weighted by Crippen LogP contribution is 2.36. The molecular weight excluding hydrogens is 232 g/mol. The standard InChI is InChI=1S/C14H26O4/c1-13(2,3)16-9-8-15-12-4-6-14(7-5-12)17-10-11-18-14/h12H,4-11H2,1-3H3. The summed E-state index contributed by atoms with van der Waals surface area (Å²) in [5, 5.41) is 0. The fourth-order valence-electron chi connectivity index (χ4n) is 2.55. The molecule has 2 aliphatic rings. The van der Waals surface area contributed by atoms with Crippen molar-refractivity contribution in [3.8, 4) is 0 Å². The molecule has 0 bridgehead atoms. The van der Waals surface area contributed by atoms with Crippen LogP contribution in [0.25, 0.3) is 0 Å². The molecule has 1 saturated carbocycles. The van der Waals surface area contributed by atoms with Gasteiger partial charge in [0.25, 0.3) is 0 Å². The Morgan fingerprint density at radius 3 is 2.22 bits per heavy atom. The maximum atomic E-state index is 5.84. The molecule has 1 spiro atoms. The lowest BCUT2D eigenvalue weighted by Gasteiger charge is -2.35. The molecule has 2 rings (SSSR count). The largest absolute Gasteiger partial charge is 0.376 e. The summed E-state index contributed by atoms with van der Waals surface area (Å²) in [5.41, 5.74) is -0.0779. The van der Waals surface area contributed by atoms with E-state index >= 15 is 0 Å². The van der Waals surface area contributed by atoms with E-state index in [0.717, 1.165) is 38.9 Å². The van der Waals surface area contributed by atoms with E-state index in [0.29, 0.717) is 19.3 Å². The van der Waals surface area contributed by atoms with Crippen molar-refractivity contribution in [3.05, 3.63) is 0 Å². The van der Waals surface area contributed by atoms with Crippen molar-refractivity contribution in [3.63, 3.8) is 0 Å². The minimum Gasteiger partial charge on any atom is -0.376 e. The molecule has 0 amide bonds. The smallest absolute Gasteiger partial charge is 0.168 e. The van der Waals surface area contributed by atoms with Gasteiger partial charge in [-0.25, -0.2) is 0 Å². The molecule has 4 nitrogen and oxygen atoms in total. The Labute approximate surface area is 110 Å². The Balaban J connectivity index is 1.59. The quantitative estimate of drug-likeness (QED) is 0.726. The van der Waals surface area contributed by atoms with Gasteiger partial charge in [0.2, 0.25) is 0 Å². The molecule has 1 aliphatic carbocycles. The van der Waals surface area contributed by atoms with Crippen molar-refractivity contribution in [2.45, 2.75) is 63.9 Å². The number of hydrogen-bond donors (Lipinski definition) is 0. The molecule has 18 heavy (non-hydrogen) atoms. The first-order valence-corrected chi connectivity index (χ1v) is 7.03. The molecule has 0 aromatic carbocycles. The van der Waals surface area contributed by atoms with E-state index in [1.807, 2.05) is 0 Å². The average molecular weight is 258 g/mol. The van der Waals surface area contributed by atoms with E-state index in [2.05, 4.69) is 20.8 Å². The van der Waals surface area contributed by atoms with Gasteiger partial charge in [-0.1, -0.05) is 0 Å². The van der Waals surface area contributed by atoms with Crippen LogP contribution in [0.15, 0.2) is 0 Å². The highest BCUT2D eigenvalue weighted by atomic mass is 16.7. The van der Waals surface area contributed by atoms with E-state index in [4.69, 9.17) is 18.9 Å². The van der Waals surface area contributed by atoms with Crippen molar-refractivity contribution in [2.24, 2.45) is 0 Å². The maximum absolute atomic E-state index is 5.84. The zero-order chi connectivity index (χ0) is 13.1. The molecule has 1 heterocycles. The predicted molar refractivity (Wildman–Crippen MR) is 68.5 cm³/mol. The van der Waals surface area contributed by atoms with Crippen LogP contribution < -0.4 is 0 Å². The highest BCUT2D eigenvalue weighted by Gasteiger charge is 2.40. The molecule has 4 heteroatoms. The SMILES string of the molecule is CC(C)(C)OCCOC1CCC2(CC1)OCCO2. The van der Waals surface area contributed by atoms with Crippen LogP contribution in [-0.4, -0.2) is 43.9 Å². The summed E-state index contributed by atoms with van der Waals surface area (Å²) in [6.07, 6.45) is 4.30. The third kappa shape index (κ3) is 4.19. The van der Waals surface area contributed by atoms with Crippen LogP contribution in [-0.2, 0) is 18.9 Å². The molecule has 0 radical (unpaired) electrons. The molecule has 0 unspecified atom stereocenters. The third-order valence-corrected chi connectivity index (χ3v) is 3.48. The second-order valence-electron chi connectivity index (χ2n) is 6.14. The van der Waals surface area contributed by atoms with Crippen molar-refractivity contribution < 1.29 is 18.9 Å². The van der Waals surface area contributed by atoms with Crippen LogP contribution in [0.4, 0.5) is 0 Å². The molecule has 106 valence electrons. The van der Waals surface area contributed by atoms with Gasteiger partial charge in [0.05, 0.1) is 38.1 Å². The van der Waals surface area contributed by atoms with Gasteiger partial charge in [-0.2, -0.15) is 0 Å². The second kappa shape index (κ2) is 5.87. The Morgan fingerprint density at radius 2 is 1.67 bits per heavy atom. The Morgan fingerprint density at radius 1 is 1.06 bits per heavy atom. The van der Waals surface area contributed by atoms with Gasteiger partial charge in [0, 0.05) is 12.8 Å². The first-order valence-electron chi connectivity index (χ1n) is 7.03. The van der Waals surface area contributed by atoms with E-state index in [1.165, 1.54) is 0 Å². The van der Waals surface area contributed by atoms with Gasteiger partial charge in [0.1, 0.15) is 0 Å². The molecule has 0 aromatic rings. The van der Waals surface area contributed by atoms with Gasteiger partial charge < -0.3 is 18.9 Å². The predicted octanol–water partition coefficient (Wildman–Crippen LogP) is 2.50. The zero-order valence-corrected chi connectivity index (χ0v) is 11.9. The van der Waals surface area contributed by atoms with Gasteiger partial charge in [0.15, 0.2) is 5.79 Å². The molecule has 2 fully saturated rings. The lowest BCUT2D eigenvalue weighted by Crippen LogP contribution is -2.38. The van der Waals surface area contributed by atoms with Gasteiger partial charge >= 0.3 is 0 Å². The Hall–Kier alpha value is -0.160. The summed E-state index contributed by atoms with van der Waals surface area (Å²) in [5.74, 6) is -0.276. The molecule has 1 aliphatic heterocycles. The van der Waals surface area contributed by atoms with Crippen LogP contribution in [0.1, 0.15) is 46.5 Å². The minimum atomic E-state index is -0.276. The summed E-state index contributed by atoms with van der Waals surface area (Å²) in [7, 11) is 0. The fourth-order valence-corrected chi connectivity index (χ4v) is 2.55. The first-order chi connectivity index (χ1) is 8.49. The molecule has 0 aromatic heterocycles. The molecule has 0 atom stereocenters. The number of ether oxygens (including phenoxy) is 4. The average Bonchev–Trinajstić information content (AvgIpc) is 2.75. The molecule has 1 saturated heterocycles. The van der Waals surface area contributed by atoms with Crippen LogP contribution >= 0.6 is 0 Å². The van der Waals surface area contributed by atoms with Crippen LogP contribution in [0.5, 0.6) is 0 Å². The lowest BCUT2D eigenvalue weighted by molar-refractivity contribution is -0.193. The van der Waals surface area contributed by atoms with E-state index < -0.39 is 0 Å². The molecule has 0 N–H and O–H groups in total. The van der Waals surface area contributed by atoms with Gasteiger partial charge in [-0.05, 0) is 33.6 Å². The summed E-state index contributed by atoms with van der Waals surface area (Å²) in [4.78, 5) is 0. The van der Waals surface area contributed by atoms with Crippen molar-refractivity contribution in [1.82, 2.24) is 0 Å². The number of hydrogen-bond acceptors (Lipinski definition) is 4. The molecular formula is C14H26O4. The fraction of sp³-hybridized carbons (Fsp3) is 1.00. The van der Waals surface area contributed by atoms with E-state index in [-0.39, 0.29) is 11.4 Å². The van der Waals surface area contributed by atoms with Gasteiger partial charge in [-0.15, -0.1) is 0 Å². The topological polar surface area (TPSA) is 36.9 Å². The number of rotatable bonds is 4. The van der Waals surface area contributed by atoms with Crippen molar-refractivity contribution in [1.29, 1.82) is 0 Å².